The molecule has 0 aliphatic heterocycles. The molecule has 0 saturated heterocycles. The molecular weight excluding hydrogens is 355 g/mol. The van der Waals surface area contributed by atoms with E-state index in [1.165, 1.54) is 62.8 Å². The smallest absolute Gasteiger partial charge is 0.343 e. The van der Waals surface area contributed by atoms with E-state index in [1.807, 2.05) is 12.1 Å². The molecule has 1 fully saturated rings. The van der Waals surface area contributed by atoms with E-state index >= 15 is 0 Å². The summed E-state index contributed by atoms with van der Waals surface area (Å²) in [7, 11) is 0. The average Bonchev–Trinajstić information content (AvgIpc) is 2.72. The number of carbonyl (C=O) groups is 1. The number of halogens is 1. The van der Waals surface area contributed by atoms with Crippen LogP contribution in [0.25, 0.3) is 0 Å². The number of benzene rings is 2. The maximum absolute atomic E-state index is 12.9. The minimum Gasteiger partial charge on any atom is -0.490 e. The summed E-state index contributed by atoms with van der Waals surface area (Å²) in [5.74, 6) is 1.13. The Morgan fingerprint density at radius 1 is 0.929 bits per heavy atom. The highest BCUT2D eigenvalue weighted by Gasteiger charge is 2.22. The molecule has 0 bridgehead atoms. The lowest BCUT2D eigenvalue weighted by molar-refractivity contribution is 0.0734. The summed E-state index contributed by atoms with van der Waals surface area (Å²) in [5, 5.41) is 0. The average molecular weight is 384 g/mol. The molecule has 150 valence electrons. The molecule has 0 spiro atoms. The molecule has 2 aromatic carbocycles. The first-order chi connectivity index (χ1) is 13.6. The molecule has 4 heteroatoms. The Morgan fingerprint density at radius 3 is 2.21 bits per heavy atom. The van der Waals surface area contributed by atoms with Crippen molar-refractivity contribution in [2.45, 2.75) is 64.4 Å². The fraction of sp³-hybridized carbons (Fsp3) is 0.458. The first kappa shape index (κ1) is 20.4. The maximum atomic E-state index is 12.9. The van der Waals surface area contributed by atoms with E-state index in [4.69, 9.17) is 9.47 Å². The largest absolute Gasteiger partial charge is 0.490 e. The third-order valence-electron chi connectivity index (χ3n) is 5.43. The van der Waals surface area contributed by atoms with Gasteiger partial charge in [-0.25, -0.2) is 9.18 Å². The zero-order valence-corrected chi connectivity index (χ0v) is 16.5. The van der Waals surface area contributed by atoms with E-state index in [0.717, 1.165) is 24.5 Å². The molecular formula is C24H29FO3. The van der Waals surface area contributed by atoms with Crippen molar-refractivity contribution in [1.29, 1.82) is 0 Å². The van der Waals surface area contributed by atoms with Gasteiger partial charge >= 0.3 is 5.97 Å². The topological polar surface area (TPSA) is 35.5 Å². The summed E-state index contributed by atoms with van der Waals surface area (Å²) in [5.41, 5.74) is 0.441. The third kappa shape index (κ3) is 6.08. The van der Waals surface area contributed by atoms with Crippen LogP contribution in [-0.4, -0.2) is 12.1 Å². The van der Waals surface area contributed by atoms with Crippen LogP contribution in [0.3, 0.4) is 0 Å². The number of ether oxygens (including phenoxy) is 2. The van der Waals surface area contributed by atoms with Crippen molar-refractivity contribution in [3.63, 3.8) is 0 Å². The highest BCUT2D eigenvalue weighted by atomic mass is 19.1. The first-order valence-corrected chi connectivity index (χ1v) is 10.4. The van der Waals surface area contributed by atoms with Crippen LogP contribution in [-0.2, 0) is 0 Å². The van der Waals surface area contributed by atoms with Gasteiger partial charge in [-0.1, -0.05) is 32.6 Å². The molecule has 1 aliphatic carbocycles. The van der Waals surface area contributed by atoms with Gasteiger partial charge in [0.2, 0.25) is 0 Å². The number of hydrogen-bond acceptors (Lipinski definition) is 3. The molecule has 2 aromatic rings. The Morgan fingerprint density at radius 2 is 1.57 bits per heavy atom. The van der Waals surface area contributed by atoms with E-state index in [-0.39, 0.29) is 11.9 Å². The molecule has 0 aromatic heterocycles. The van der Waals surface area contributed by atoms with Gasteiger partial charge in [0.25, 0.3) is 0 Å². The SMILES string of the molecule is CCCCCC1CCC(Oc2ccc(C(=O)Oc3ccc(F)cc3)cc2)CC1. The van der Waals surface area contributed by atoms with Crippen molar-refractivity contribution < 1.29 is 18.7 Å². The maximum Gasteiger partial charge on any atom is 0.343 e. The van der Waals surface area contributed by atoms with Crippen molar-refractivity contribution >= 4 is 5.97 Å². The number of hydrogen-bond donors (Lipinski definition) is 0. The van der Waals surface area contributed by atoms with E-state index in [2.05, 4.69) is 6.92 Å². The second-order valence-electron chi connectivity index (χ2n) is 7.62. The summed E-state index contributed by atoms with van der Waals surface area (Å²) in [6, 6.07) is 12.4. The molecule has 0 unspecified atom stereocenters. The zero-order chi connectivity index (χ0) is 19.8. The molecule has 1 saturated carbocycles. The second kappa shape index (κ2) is 10.3. The number of rotatable bonds is 8. The Labute approximate surface area is 166 Å². The van der Waals surface area contributed by atoms with Crippen LogP contribution >= 0.6 is 0 Å². The zero-order valence-electron chi connectivity index (χ0n) is 16.5. The Balaban J connectivity index is 1.45. The molecule has 1 aliphatic rings. The van der Waals surface area contributed by atoms with E-state index in [1.54, 1.807) is 12.1 Å². The van der Waals surface area contributed by atoms with Gasteiger partial charge in [-0.3, -0.25) is 0 Å². The fourth-order valence-electron chi connectivity index (χ4n) is 3.75. The quantitative estimate of drug-likeness (QED) is 0.294. The van der Waals surface area contributed by atoms with Crippen LogP contribution in [0.15, 0.2) is 48.5 Å². The van der Waals surface area contributed by atoms with E-state index < -0.39 is 5.97 Å². The highest BCUT2D eigenvalue weighted by molar-refractivity contribution is 5.91. The molecule has 28 heavy (non-hydrogen) atoms. The van der Waals surface area contributed by atoms with Crippen molar-refractivity contribution in [3.8, 4) is 11.5 Å². The number of unbranched alkanes of at least 4 members (excludes halogenated alkanes) is 2. The van der Waals surface area contributed by atoms with E-state index in [9.17, 15) is 9.18 Å². The molecule has 0 radical (unpaired) electrons. The van der Waals surface area contributed by atoms with Gasteiger partial charge < -0.3 is 9.47 Å². The Bertz CT molecular complexity index is 731. The summed E-state index contributed by atoms with van der Waals surface area (Å²) >= 11 is 0. The number of esters is 1. The van der Waals surface area contributed by atoms with Gasteiger partial charge in [-0.05, 0) is 80.1 Å². The second-order valence-corrected chi connectivity index (χ2v) is 7.62. The minimum atomic E-state index is -0.467. The van der Waals surface area contributed by atoms with Gasteiger partial charge in [-0.2, -0.15) is 0 Å². The summed E-state index contributed by atoms with van der Waals surface area (Å²) in [4.78, 5) is 12.2. The van der Waals surface area contributed by atoms with Crippen LogP contribution in [0.4, 0.5) is 4.39 Å². The van der Waals surface area contributed by atoms with Crippen LogP contribution < -0.4 is 9.47 Å². The van der Waals surface area contributed by atoms with Gasteiger partial charge in [0.05, 0.1) is 11.7 Å². The molecule has 0 atom stereocenters. The lowest BCUT2D eigenvalue weighted by Crippen LogP contribution is -2.24. The van der Waals surface area contributed by atoms with Crippen molar-refractivity contribution in [3.05, 3.63) is 59.9 Å². The normalized spacial score (nSPS) is 19.2. The van der Waals surface area contributed by atoms with Crippen LogP contribution in [0, 0.1) is 11.7 Å². The van der Waals surface area contributed by atoms with Gasteiger partial charge in [-0.15, -0.1) is 0 Å². The first-order valence-electron chi connectivity index (χ1n) is 10.4. The summed E-state index contributed by atoms with van der Waals surface area (Å²) in [6.45, 7) is 2.25. The van der Waals surface area contributed by atoms with Crippen LogP contribution in [0.1, 0.15) is 68.6 Å². The lowest BCUT2D eigenvalue weighted by Gasteiger charge is -2.29. The summed E-state index contributed by atoms with van der Waals surface area (Å²) < 4.78 is 24.3. The lowest BCUT2D eigenvalue weighted by atomic mass is 9.84. The molecule has 3 nitrogen and oxygen atoms in total. The third-order valence-corrected chi connectivity index (χ3v) is 5.43. The Hall–Kier alpha value is -2.36. The van der Waals surface area contributed by atoms with E-state index in [0.29, 0.717) is 11.3 Å². The number of carbonyl (C=O) groups excluding carboxylic acids is 1. The van der Waals surface area contributed by atoms with Gasteiger partial charge in [0.15, 0.2) is 0 Å². The predicted molar refractivity (Wildman–Crippen MR) is 108 cm³/mol. The van der Waals surface area contributed by atoms with Crippen LogP contribution in [0.2, 0.25) is 0 Å². The molecule has 0 amide bonds. The Kier molecular flexibility index (Phi) is 7.46. The van der Waals surface area contributed by atoms with Gasteiger partial charge in [0.1, 0.15) is 17.3 Å². The van der Waals surface area contributed by atoms with Crippen molar-refractivity contribution in [2.24, 2.45) is 5.92 Å². The summed E-state index contributed by atoms with van der Waals surface area (Å²) in [6.07, 6.45) is 10.3. The predicted octanol–water partition coefficient (Wildman–Crippen LogP) is 6.56. The molecule has 3 rings (SSSR count). The van der Waals surface area contributed by atoms with Crippen LogP contribution in [0.5, 0.6) is 11.5 Å². The van der Waals surface area contributed by atoms with Gasteiger partial charge in [0, 0.05) is 0 Å². The minimum absolute atomic E-state index is 0.263. The van der Waals surface area contributed by atoms with Crippen molar-refractivity contribution in [2.75, 3.05) is 0 Å². The monoisotopic (exact) mass is 384 g/mol. The standard InChI is InChI=1S/C24H29FO3/c1-2-3-4-5-18-6-12-21(13-7-18)27-22-14-8-19(9-15-22)24(26)28-23-16-10-20(25)11-17-23/h8-11,14-18,21H,2-7,12-13H2,1H3. The molecule has 0 heterocycles. The van der Waals surface area contributed by atoms with Crippen molar-refractivity contribution in [1.82, 2.24) is 0 Å². The highest BCUT2D eigenvalue weighted by Crippen LogP contribution is 2.31. The fourth-order valence-corrected chi connectivity index (χ4v) is 3.75. The molecule has 0 N–H and O–H groups in total.